The lowest BCUT2D eigenvalue weighted by atomic mass is 10.1. The first-order chi connectivity index (χ1) is 8.79. The van der Waals surface area contributed by atoms with Crippen LogP contribution in [0.15, 0.2) is 30.5 Å². The Labute approximate surface area is 111 Å². The van der Waals surface area contributed by atoms with Crippen molar-refractivity contribution in [2.45, 2.75) is 25.3 Å². The van der Waals surface area contributed by atoms with Crippen molar-refractivity contribution in [1.82, 2.24) is 9.55 Å². The number of benzene rings is 1. The average molecular weight is 263 g/mol. The molecule has 18 heavy (non-hydrogen) atoms. The predicted octanol–water partition coefficient (Wildman–Crippen LogP) is 3.07. The third-order valence-electron chi connectivity index (χ3n) is 3.50. The zero-order chi connectivity index (χ0) is 12.5. The first-order valence-electron chi connectivity index (χ1n) is 6.23. The average Bonchev–Trinajstić information content (AvgIpc) is 2.82. The maximum Gasteiger partial charge on any atom is 0.109 e. The molecular weight excluding hydrogens is 248 g/mol. The normalized spacial score (nSPS) is 18.7. The summed E-state index contributed by atoms with van der Waals surface area (Å²) in [7, 11) is 0. The molecule has 0 spiro atoms. The number of imidazole rings is 1. The van der Waals surface area contributed by atoms with Crippen LogP contribution in [-0.4, -0.2) is 21.3 Å². The first-order valence-corrected chi connectivity index (χ1v) is 6.61. The van der Waals surface area contributed by atoms with Crippen molar-refractivity contribution in [3.63, 3.8) is 0 Å². The molecule has 1 aromatic carbocycles. The highest BCUT2D eigenvalue weighted by Crippen LogP contribution is 2.31. The van der Waals surface area contributed by atoms with E-state index in [1.54, 1.807) is 0 Å². The van der Waals surface area contributed by atoms with Crippen molar-refractivity contribution in [2.24, 2.45) is 0 Å². The highest BCUT2D eigenvalue weighted by molar-refractivity contribution is 6.33. The number of rotatable bonds is 2. The number of fused-ring (bicyclic) bond motifs is 1. The molecule has 0 bridgehead atoms. The summed E-state index contributed by atoms with van der Waals surface area (Å²) in [5.41, 5.74) is 1.86. The zero-order valence-corrected chi connectivity index (χ0v) is 10.8. The quantitative estimate of drug-likeness (QED) is 0.903. The van der Waals surface area contributed by atoms with Crippen LogP contribution in [0.1, 0.15) is 24.7 Å². The van der Waals surface area contributed by atoms with Gasteiger partial charge in [0.25, 0.3) is 0 Å². The number of aromatic nitrogens is 2. The van der Waals surface area contributed by atoms with Crippen molar-refractivity contribution in [2.75, 3.05) is 6.61 Å². The second-order valence-corrected chi connectivity index (χ2v) is 5.07. The van der Waals surface area contributed by atoms with E-state index in [2.05, 4.69) is 9.55 Å². The maximum absolute atomic E-state index is 9.40. The summed E-state index contributed by atoms with van der Waals surface area (Å²) in [6.07, 6.45) is 5.09. The molecule has 1 atom stereocenters. The molecule has 1 aromatic heterocycles. The minimum Gasteiger partial charge on any atom is -0.394 e. The van der Waals surface area contributed by atoms with E-state index >= 15 is 0 Å². The Kier molecular flexibility index (Phi) is 3.10. The van der Waals surface area contributed by atoms with Gasteiger partial charge in [-0.3, -0.25) is 0 Å². The molecule has 0 radical (unpaired) electrons. The highest BCUT2D eigenvalue weighted by atomic mass is 35.5. The Bertz CT molecular complexity index is 565. The lowest BCUT2D eigenvalue weighted by Crippen LogP contribution is -2.20. The summed E-state index contributed by atoms with van der Waals surface area (Å²) >= 11 is 6.19. The molecule has 0 aliphatic carbocycles. The van der Waals surface area contributed by atoms with Gasteiger partial charge in [-0.25, -0.2) is 4.98 Å². The molecule has 4 heteroatoms. The van der Waals surface area contributed by atoms with Crippen LogP contribution in [0.3, 0.4) is 0 Å². The molecule has 0 fully saturated rings. The van der Waals surface area contributed by atoms with E-state index in [9.17, 15) is 5.11 Å². The van der Waals surface area contributed by atoms with Gasteiger partial charge in [-0.05, 0) is 18.9 Å². The van der Waals surface area contributed by atoms with E-state index < -0.39 is 0 Å². The standard InChI is InChI=1S/C14H15ClN2O/c15-12-6-2-1-5-11(12)13-8-17-10(9-18)4-3-7-14(17)16-13/h1-2,5-6,8,10,18H,3-4,7,9H2. The maximum atomic E-state index is 9.40. The van der Waals surface area contributed by atoms with Gasteiger partial charge in [0.1, 0.15) is 5.82 Å². The number of hydrogen-bond donors (Lipinski definition) is 1. The number of aliphatic hydroxyl groups is 1. The number of aryl methyl sites for hydroxylation is 1. The molecule has 2 aromatic rings. The van der Waals surface area contributed by atoms with Crippen molar-refractivity contribution < 1.29 is 5.11 Å². The van der Waals surface area contributed by atoms with Crippen molar-refractivity contribution in [3.8, 4) is 11.3 Å². The van der Waals surface area contributed by atoms with Crippen LogP contribution >= 0.6 is 11.6 Å². The summed E-state index contributed by atoms with van der Waals surface area (Å²) in [5, 5.41) is 10.1. The van der Waals surface area contributed by atoms with Crippen LogP contribution in [-0.2, 0) is 6.42 Å². The fourth-order valence-corrected chi connectivity index (χ4v) is 2.78. The minimum absolute atomic E-state index is 0.164. The van der Waals surface area contributed by atoms with Gasteiger partial charge in [-0.2, -0.15) is 0 Å². The summed E-state index contributed by atoms with van der Waals surface area (Å²) in [6.45, 7) is 0.172. The Morgan fingerprint density at radius 3 is 3.00 bits per heavy atom. The monoisotopic (exact) mass is 262 g/mol. The first kappa shape index (κ1) is 11.8. The van der Waals surface area contributed by atoms with E-state index in [1.165, 1.54) is 0 Å². The predicted molar refractivity (Wildman–Crippen MR) is 71.7 cm³/mol. The summed E-state index contributed by atoms with van der Waals surface area (Å²) in [5.74, 6) is 1.05. The largest absolute Gasteiger partial charge is 0.394 e. The van der Waals surface area contributed by atoms with Gasteiger partial charge in [-0.1, -0.05) is 29.8 Å². The van der Waals surface area contributed by atoms with Gasteiger partial charge in [0.15, 0.2) is 0 Å². The SMILES string of the molecule is OCC1CCCc2nc(-c3ccccc3Cl)cn21. The molecule has 2 heterocycles. The Morgan fingerprint density at radius 1 is 1.39 bits per heavy atom. The molecule has 1 unspecified atom stereocenters. The van der Waals surface area contributed by atoms with Crippen molar-refractivity contribution in [3.05, 3.63) is 41.3 Å². The molecule has 1 aliphatic rings. The zero-order valence-electron chi connectivity index (χ0n) is 10.0. The Hall–Kier alpha value is -1.32. The van der Waals surface area contributed by atoms with Crippen LogP contribution in [0.2, 0.25) is 5.02 Å². The number of hydrogen-bond acceptors (Lipinski definition) is 2. The fourth-order valence-electron chi connectivity index (χ4n) is 2.55. The Morgan fingerprint density at radius 2 is 2.22 bits per heavy atom. The third kappa shape index (κ3) is 1.93. The fraction of sp³-hybridized carbons (Fsp3) is 0.357. The number of nitrogens with zero attached hydrogens (tertiary/aromatic N) is 2. The summed E-state index contributed by atoms with van der Waals surface area (Å²) in [6, 6.07) is 7.89. The molecule has 1 aliphatic heterocycles. The highest BCUT2D eigenvalue weighted by Gasteiger charge is 2.21. The molecule has 1 N–H and O–H groups in total. The van der Waals surface area contributed by atoms with Crippen LogP contribution in [0.25, 0.3) is 11.3 Å². The molecular formula is C14H15ClN2O. The van der Waals surface area contributed by atoms with Crippen LogP contribution in [0.4, 0.5) is 0 Å². The number of halogens is 1. The van der Waals surface area contributed by atoms with Crippen molar-refractivity contribution >= 4 is 11.6 Å². The van der Waals surface area contributed by atoms with E-state index in [1.807, 2.05) is 30.5 Å². The minimum atomic E-state index is 0.164. The third-order valence-corrected chi connectivity index (χ3v) is 3.83. The van der Waals surface area contributed by atoms with E-state index in [4.69, 9.17) is 11.6 Å². The molecule has 3 nitrogen and oxygen atoms in total. The van der Waals surface area contributed by atoms with Gasteiger partial charge >= 0.3 is 0 Å². The number of aliphatic hydroxyl groups excluding tert-OH is 1. The topological polar surface area (TPSA) is 38.1 Å². The second kappa shape index (κ2) is 4.75. The summed E-state index contributed by atoms with van der Waals surface area (Å²) < 4.78 is 2.10. The van der Waals surface area contributed by atoms with Gasteiger partial charge in [0.05, 0.1) is 23.4 Å². The van der Waals surface area contributed by atoms with Crippen LogP contribution in [0, 0.1) is 0 Å². The molecule has 0 saturated carbocycles. The smallest absolute Gasteiger partial charge is 0.109 e. The van der Waals surface area contributed by atoms with E-state index in [0.717, 1.165) is 36.3 Å². The second-order valence-electron chi connectivity index (χ2n) is 4.66. The van der Waals surface area contributed by atoms with E-state index in [-0.39, 0.29) is 12.6 Å². The van der Waals surface area contributed by atoms with Crippen LogP contribution in [0.5, 0.6) is 0 Å². The Balaban J connectivity index is 2.05. The van der Waals surface area contributed by atoms with Gasteiger partial charge < -0.3 is 9.67 Å². The molecule has 94 valence electrons. The van der Waals surface area contributed by atoms with Crippen LogP contribution < -0.4 is 0 Å². The van der Waals surface area contributed by atoms with Gasteiger partial charge in [-0.15, -0.1) is 0 Å². The molecule has 3 rings (SSSR count). The van der Waals surface area contributed by atoms with Gasteiger partial charge in [0, 0.05) is 18.2 Å². The molecule has 0 saturated heterocycles. The van der Waals surface area contributed by atoms with Crippen molar-refractivity contribution in [1.29, 1.82) is 0 Å². The summed E-state index contributed by atoms with van der Waals surface area (Å²) in [4.78, 5) is 4.65. The lowest BCUT2D eigenvalue weighted by Gasteiger charge is -2.22. The lowest BCUT2D eigenvalue weighted by molar-refractivity contribution is 0.206. The molecule has 0 amide bonds. The van der Waals surface area contributed by atoms with E-state index in [0.29, 0.717) is 5.02 Å². The van der Waals surface area contributed by atoms with Gasteiger partial charge in [0.2, 0.25) is 0 Å².